The van der Waals surface area contributed by atoms with Crippen LogP contribution in [0.15, 0.2) is 18.2 Å². The molecule has 2 rings (SSSR count). The van der Waals surface area contributed by atoms with Gasteiger partial charge in [-0.05, 0) is 19.1 Å². The third kappa shape index (κ3) is 1.32. The number of fused-ring (bicyclic) bond motifs is 1. The first-order valence-electron chi connectivity index (χ1n) is 4.57. The maximum atomic E-state index is 11.0. The molecule has 5 heteroatoms. The fourth-order valence-corrected chi connectivity index (χ4v) is 1.61. The van der Waals surface area contributed by atoms with E-state index >= 15 is 0 Å². The van der Waals surface area contributed by atoms with Crippen molar-refractivity contribution in [1.82, 2.24) is 9.78 Å². The van der Waals surface area contributed by atoms with Gasteiger partial charge in [0.25, 0.3) is 0 Å². The Morgan fingerprint density at radius 3 is 2.87 bits per heavy atom. The number of benzene rings is 1. The molecule has 0 aliphatic carbocycles. The van der Waals surface area contributed by atoms with Gasteiger partial charge in [0.2, 0.25) is 0 Å². The second-order valence-corrected chi connectivity index (χ2v) is 3.14. The van der Waals surface area contributed by atoms with Crippen molar-refractivity contribution >= 4 is 16.9 Å². The summed E-state index contributed by atoms with van der Waals surface area (Å²) in [6.07, 6.45) is 0. The van der Waals surface area contributed by atoms with E-state index in [1.165, 1.54) is 10.7 Å². The number of phenols is 1. The van der Waals surface area contributed by atoms with Crippen molar-refractivity contribution in [2.24, 2.45) is 0 Å². The number of carboxylic acid groups (broad SMARTS) is 1. The third-order valence-electron chi connectivity index (χ3n) is 2.25. The van der Waals surface area contributed by atoms with Gasteiger partial charge in [-0.15, -0.1) is 0 Å². The van der Waals surface area contributed by atoms with E-state index in [-0.39, 0.29) is 11.4 Å². The van der Waals surface area contributed by atoms with Crippen LogP contribution >= 0.6 is 0 Å². The van der Waals surface area contributed by atoms with Crippen molar-refractivity contribution in [2.45, 2.75) is 13.5 Å². The molecule has 1 aromatic carbocycles. The second-order valence-electron chi connectivity index (χ2n) is 3.14. The number of carbonyl (C=O) groups is 1. The van der Waals surface area contributed by atoms with Crippen LogP contribution < -0.4 is 0 Å². The van der Waals surface area contributed by atoms with Crippen LogP contribution in [-0.2, 0) is 6.54 Å². The molecular formula is C10H10N2O3. The summed E-state index contributed by atoms with van der Waals surface area (Å²) < 4.78 is 1.37. The lowest BCUT2D eigenvalue weighted by Crippen LogP contribution is -2.08. The zero-order valence-corrected chi connectivity index (χ0v) is 8.14. The molecule has 0 fully saturated rings. The van der Waals surface area contributed by atoms with Gasteiger partial charge in [0, 0.05) is 6.54 Å². The summed E-state index contributed by atoms with van der Waals surface area (Å²) >= 11 is 0. The average Bonchev–Trinajstić information content (AvgIpc) is 2.57. The molecule has 0 unspecified atom stereocenters. The highest BCUT2D eigenvalue weighted by Gasteiger charge is 2.19. The standard InChI is InChI=1S/C10H10N2O3/c1-2-12-9(10(14)15)8-6(11-12)4-3-5-7(8)13/h3-5,13H,2H2,1H3,(H,14,15). The zero-order valence-electron chi connectivity index (χ0n) is 8.14. The van der Waals surface area contributed by atoms with Crippen LogP contribution in [0.4, 0.5) is 0 Å². The van der Waals surface area contributed by atoms with Gasteiger partial charge >= 0.3 is 5.97 Å². The molecule has 0 amide bonds. The fraction of sp³-hybridized carbons (Fsp3) is 0.200. The Bertz CT molecular complexity index is 531. The van der Waals surface area contributed by atoms with E-state index in [0.717, 1.165) is 0 Å². The fourth-order valence-electron chi connectivity index (χ4n) is 1.61. The van der Waals surface area contributed by atoms with Gasteiger partial charge in [-0.2, -0.15) is 5.10 Å². The van der Waals surface area contributed by atoms with Crippen molar-refractivity contribution in [3.63, 3.8) is 0 Å². The Balaban J connectivity index is 2.88. The predicted octanol–water partition coefficient (Wildman–Crippen LogP) is 1.46. The summed E-state index contributed by atoms with van der Waals surface area (Å²) in [7, 11) is 0. The summed E-state index contributed by atoms with van der Waals surface area (Å²) in [4.78, 5) is 11.0. The van der Waals surface area contributed by atoms with Gasteiger partial charge in [-0.3, -0.25) is 4.68 Å². The first-order chi connectivity index (χ1) is 7.15. The Hall–Kier alpha value is -2.04. The molecule has 2 N–H and O–H groups in total. The lowest BCUT2D eigenvalue weighted by atomic mass is 10.2. The number of carboxylic acids is 1. The molecule has 1 heterocycles. The Morgan fingerprint density at radius 2 is 2.27 bits per heavy atom. The minimum atomic E-state index is -1.08. The second kappa shape index (κ2) is 3.27. The van der Waals surface area contributed by atoms with Gasteiger partial charge < -0.3 is 10.2 Å². The highest BCUT2D eigenvalue weighted by atomic mass is 16.4. The molecule has 0 saturated carbocycles. The number of hydrogen-bond acceptors (Lipinski definition) is 3. The lowest BCUT2D eigenvalue weighted by molar-refractivity contribution is 0.0685. The van der Waals surface area contributed by atoms with Gasteiger partial charge in [-0.25, -0.2) is 4.79 Å². The van der Waals surface area contributed by atoms with Crippen LogP contribution in [0.2, 0.25) is 0 Å². The summed E-state index contributed by atoms with van der Waals surface area (Å²) in [5.74, 6) is -1.13. The molecule has 0 saturated heterocycles. The number of rotatable bonds is 2. The van der Waals surface area contributed by atoms with E-state index in [2.05, 4.69) is 5.10 Å². The van der Waals surface area contributed by atoms with Crippen molar-refractivity contribution in [2.75, 3.05) is 0 Å². The van der Waals surface area contributed by atoms with Crippen LogP contribution in [0.25, 0.3) is 10.9 Å². The molecule has 0 atom stereocenters. The monoisotopic (exact) mass is 206 g/mol. The molecule has 15 heavy (non-hydrogen) atoms. The summed E-state index contributed by atoms with van der Waals surface area (Å²) in [6.45, 7) is 2.26. The van der Waals surface area contributed by atoms with E-state index < -0.39 is 5.97 Å². The van der Waals surface area contributed by atoms with E-state index in [4.69, 9.17) is 5.11 Å². The molecule has 0 spiro atoms. The largest absolute Gasteiger partial charge is 0.507 e. The minimum Gasteiger partial charge on any atom is -0.507 e. The van der Waals surface area contributed by atoms with Crippen LogP contribution in [0.3, 0.4) is 0 Å². The van der Waals surface area contributed by atoms with Gasteiger partial charge in [0.05, 0.1) is 10.9 Å². The summed E-state index contributed by atoms with van der Waals surface area (Å²) in [6, 6.07) is 4.76. The van der Waals surface area contributed by atoms with Gasteiger partial charge in [0.1, 0.15) is 5.75 Å². The lowest BCUT2D eigenvalue weighted by Gasteiger charge is -1.99. The number of aromatic carboxylic acids is 1. The Labute approximate surface area is 85.6 Å². The van der Waals surface area contributed by atoms with Crippen LogP contribution in [-0.4, -0.2) is 26.0 Å². The smallest absolute Gasteiger partial charge is 0.354 e. The van der Waals surface area contributed by atoms with Crippen molar-refractivity contribution in [3.05, 3.63) is 23.9 Å². The third-order valence-corrected chi connectivity index (χ3v) is 2.25. The molecule has 2 aromatic rings. The van der Waals surface area contributed by atoms with Crippen molar-refractivity contribution in [1.29, 1.82) is 0 Å². The average molecular weight is 206 g/mol. The molecule has 1 aromatic heterocycles. The topological polar surface area (TPSA) is 75.3 Å². The molecule has 0 bridgehead atoms. The van der Waals surface area contributed by atoms with E-state index in [0.29, 0.717) is 17.4 Å². The van der Waals surface area contributed by atoms with Gasteiger partial charge in [0.15, 0.2) is 5.69 Å². The quantitative estimate of drug-likeness (QED) is 0.779. The minimum absolute atomic E-state index is 0.0330. The Morgan fingerprint density at radius 1 is 1.53 bits per heavy atom. The maximum Gasteiger partial charge on any atom is 0.354 e. The van der Waals surface area contributed by atoms with Crippen LogP contribution in [0.5, 0.6) is 5.75 Å². The van der Waals surface area contributed by atoms with Crippen LogP contribution in [0.1, 0.15) is 17.4 Å². The van der Waals surface area contributed by atoms with Crippen molar-refractivity contribution < 1.29 is 15.0 Å². The first kappa shape index (κ1) is 9.51. The number of aryl methyl sites for hydroxylation is 1. The highest BCUT2D eigenvalue weighted by molar-refractivity contribution is 6.04. The number of nitrogens with zero attached hydrogens (tertiary/aromatic N) is 2. The Kier molecular flexibility index (Phi) is 2.07. The normalized spacial score (nSPS) is 10.7. The molecule has 78 valence electrons. The molecular weight excluding hydrogens is 196 g/mol. The number of aromatic nitrogens is 2. The molecule has 0 aliphatic rings. The molecule has 0 aliphatic heterocycles. The highest BCUT2D eigenvalue weighted by Crippen LogP contribution is 2.27. The number of hydrogen-bond donors (Lipinski definition) is 2. The summed E-state index contributed by atoms with van der Waals surface area (Å²) in [5, 5.41) is 23.0. The number of aromatic hydroxyl groups is 1. The van der Waals surface area contributed by atoms with E-state index in [1.807, 2.05) is 0 Å². The van der Waals surface area contributed by atoms with Crippen molar-refractivity contribution in [3.8, 4) is 5.75 Å². The SMILES string of the molecule is CCn1nc2cccc(O)c2c1C(=O)O. The van der Waals surface area contributed by atoms with E-state index in [1.54, 1.807) is 19.1 Å². The predicted molar refractivity (Wildman–Crippen MR) is 54.0 cm³/mol. The summed E-state index contributed by atoms with van der Waals surface area (Å²) in [5.41, 5.74) is 0.528. The number of phenolic OH excluding ortho intramolecular Hbond substituents is 1. The van der Waals surface area contributed by atoms with E-state index in [9.17, 15) is 9.90 Å². The molecule has 5 nitrogen and oxygen atoms in total. The first-order valence-corrected chi connectivity index (χ1v) is 4.57. The molecule has 0 radical (unpaired) electrons. The van der Waals surface area contributed by atoms with Gasteiger partial charge in [-0.1, -0.05) is 6.07 Å². The van der Waals surface area contributed by atoms with Crippen LogP contribution in [0, 0.1) is 0 Å². The zero-order chi connectivity index (χ0) is 11.0. The maximum absolute atomic E-state index is 11.0.